The van der Waals surface area contributed by atoms with E-state index in [2.05, 4.69) is 5.32 Å². The van der Waals surface area contributed by atoms with Crippen LogP contribution in [0.15, 0.2) is 12.1 Å². The number of ether oxygens (including phenoxy) is 2. The highest BCUT2D eigenvalue weighted by Crippen LogP contribution is 2.34. The predicted molar refractivity (Wildman–Crippen MR) is 78.3 cm³/mol. The molecule has 1 fully saturated rings. The molecular formula is C14H21N3O3. The van der Waals surface area contributed by atoms with Crippen molar-refractivity contribution in [2.75, 3.05) is 44.9 Å². The molecule has 6 heteroatoms. The highest BCUT2D eigenvalue weighted by Gasteiger charge is 2.18. The van der Waals surface area contributed by atoms with Crippen LogP contribution in [0.2, 0.25) is 0 Å². The fourth-order valence-corrected chi connectivity index (χ4v) is 2.30. The zero-order valence-corrected chi connectivity index (χ0v) is 11.9. The molecule has 110 valence electrons. The molecule has 1 aliphatic heterocycles. The first-order chi connectivity index (χ1) is 9.65. The third-order valence-corrected chi connectivity index (χ3v) is 3.44. The zero-order chi connectivity index (χ0) is 14.5. The van der Waals surface area contributed by atoms with Crippen LogP contribution in [0.1, 0.15) is 12.8 Å². The van der Waals surface area contributed by atoms with Gasteiger partial charge in [-0.05, 0) is 12.8 Å². The summed E-state index contributed by atoms with van der Waals surface area (Å²) < 4.78 is 10.4. The van der Waals surface area contributed by atoms with Crippen LogP contribution < -0.4 is 20.5 Å². The van der Waals surface area contributed by atoms with Crippen molar-refractivity contribution in [3.05, 3.63) is 12.1 Å². The van der Waals surface area contributed by atoms with Crippen molar-refractivity contribution >= 4 is 17.3 Å². The SMILES string of the molecule is COc1cc(N)c(NCC(=O)N2CCCC2)cc1OC. The third-order valence-electron chi connectivity index (χ3n) is 3.44. The zero-order valence-electron chi connectivity index (χ0n) is 11.9. The van der Waals surface area contributed by atoms with E-state index in [9.17, 15) is 4.79 Å². The van der Waals surface area contributed by atoms with Crippen LogP contribution in [0.25, 0.3) is 0 Å². The molecule has 1 aliphatic rings. The summed E-state index contributed by atoms with van der Waals surface area (Å²) in [6.45, 7) is 1.93. The fraction of sp³-hybridized carbons (Fsp3) is 0.500. The smallest absolute Gasteiger partial charge is 0.241 e. The minimum absolute atomic E-state index is 0.0942. The summed E-state index contributed by atoms with van der Waals surface area (Å²) in [6, 6.07) is 3.42. The quantitative estimate of drug-likeness (QED) is 0.795. The van der Waals surface area contributed by atoms with Gasteiger partial charge in [-0.3, -0.25) is 4.79 Å². The summed E-state index contributed by atoms with van der Waals surface area (Å²) in [5.41, 5.74) is 7.14. The molecule has 0 atom stereocenters. The van der Waals surface area contributed by atoms with Gasteiger partial charge in [0.05, 0.1) is 32.1 Å². The first-order valence-electron chi connectivity index (χ1n) is 6.69. The summed E-state index contributed by atoms with van der Waals surface area (Å²) in [6.07, 6.45) is 2.18. The Morgan fingerprint density at radius 1 is 1.25 bits per heavy atom. The molecule has 1 aromatic rings. The van der Waals surface area contributed by atoms with Crippen LogP contribution in [0.5, 0.6) is 11.5 Å². The molecule has 1 amide bonds. The molecule has 0 spiro atoms. The fourth-order valence-electron chi connectivity index (χ4n) is 2.30. The normalized spacial score (nSPS) is 14.2. The van der Waals surface area contributed by atoms with Crippen molar-refractivity contribution in [1.82, 2.24) is 4.90 Å². The van der Waals surface area contributed by atoms with Gasteiger partial charge in [-0.2, -0.15) is 0 Å². The highest BCUT2D eigenvalue weighted by molar-refractivity contribution is 5.83. The number of methoxy groups -OCH3 is 2. The van der Waals surface area contributed by atoms with E-state index in [0.29, 0.717) is 22.9 Å². The minimum Gasteiger partial charge on any atom is -0.493 e. The lowest BCUT2D eigenvalue weighted by Crippen LogP contribution is -2.33. The molecule has 1 heterocycles. The number of hydrogen-bond acceptors (Lipinski definition) is 5. The Hall–Kier alpha value is -2.11. The topological polar surface area (TPSA) is 76.8 Å². The lowest BCUT2D eigenvalue weighted by Gasteiger charge is -2.17. The average Bonchev–Trinajstić information content (AvgIpc) is 2.99. The Labute approximate surface area is 118 Å². The van der Waals surface area contributed by atoms with Crippen molar-refractivity contribution in [2.24, 2.45) is 0 Å². The number of anilines is 2. The number of amides is 1. The van der Waals surface area contributed by atoms with E-state index in [1.165, 1.54) is 0 Å². The number of nitrogens with one attached hydrogen (secondary N) is 1. The molecule has 0 aliphatic carbocycles. The largest absolute Gasteiger partial charge is 0.493 e. The number of nitrogens with zero attached hydrogens (tertiary/aromatic N) is 1. The molecule has 20 heavy (non-hydrogen) atoms. The number of benzene rings is 1. The Kier molecular flexibility index (Phi) is 4.55. The second-order valence-corrected chi connectivity index (χ2v) is 4.74. The third kappa shape index (κ3) is 3.07. The molecule has 1 saturated heterocycles. The van der Waals surface area contributed by atoms with E-state index in [0.717, 1.165) is 25.9 Å². The van der Waals surface area contributed by atoms with Crippen molar-refractivity contribution < 1.29 is 14.3 Å². The summed E-state index contributed by atoms with van der Waals surface area (Å²) >= 11 is 0. The molecule has 0 unspecified atom stereocenters. The van der Waals surface area contributed by atoms with E-state index in [1.54, 1.807) is 26.4 Å². The summed E-state index contributed by atoms with van der Waals surface area (Å²) in [4.78, 5) is 13.8. The van der Waals surface area contributed by atoms with E-state index in [4.69, 9.17) is 15.2 Å². The van der Waals surface area contributed by atoms with E-state index < -0.39 is 0 Å². The molecule has 0 aromatic heterocycles. The second-order valence-electron chi connectivity index (χ2n) is 4.74. The lowest BCUT2D eigenvalue weighted by atomic mass is 10.2. The van der Waals surface area contributed by atoms with Crippen LogP contribution in [-0.2, 0) is 4.79 Å². The number of rotatable bonds is 5. The van der Waals surface area contributed by atoms with Gasteiger partial charge >= 0.3 is 0 Å². The van der Waals surface area contributed by atoms with Gasteiger partial charge in [-0.25, -0.2) is 0 Å². The average molecular weight is 279 g/mol. The predicted octanol–water partition coefficient (Wildman–Crippen LogP) is 1.32. The standard InChI is InChI=1S/C14H21N3O3/c1-19-12-7-10(15)11(8-13(12)20-2)16-9-14(18)17-5-3-4-6-17/h7-8,16H,3-6,9,15H2,1-2H3. The van der Waals surface area contributed by atoms with E-state index >= 15 is 0 Å². The molecule has 0 saturated carbocycles. The van der Waals surface area contributed by atoms with Gasteiger partial charge in [0, 0.05) is 25.2 Å². The van der Waals surface area contributed by atoms with Crippen LogP contribution in [0.3, 0.4) is 0 Å². The Balaban J connectivity index is 2.03. The van der Waals surface area contributed by atoms with Gasteiger partial charge in [0.2, 0.25) is 5.91 Å². The van der Waals surface area contributed by atoms with Crippen molar-refractivity contribution in [3.8, 4) is 11.5 Å². The molecule has 6 nitrogen and oxygen atoms in total. The van der Waals surface area contributed by atoms with Crippen LogP contribution in [0, 0.1) is 0 Å². The van der Waals surface area contributed by atoms with Gasteiger partial charge in [0.15, 0.2) is 11.5 Å². The Morgan fingerprint density at radius 2 is 1.85 bits per heavy atom. The lowest BCUT2D eigenvalue weighted by molar-refractivity contribution is -0.128. The summed E-state index contributed by atoms with van der Waals surface area (Å²) in [5.74, 6) is 1.25. The monoisotopic (exact) mass is 279 g/mol. The maximum atomic E-state index is 12.0. The second kappa shape index (κ2) is 6.36. The number of carbonyl (C=O) groups excluding carboxylic acids is 1. The Morgan fingerprint density at radius 3 is 2.45 bits per heavy atom. The number of nitrogen functional groups attached to an aromatic ring is 1. The van der Waals surface area contributed by atoms with Crippen molar-refractivity contribution in [2.45, 2.75) is 12.8 Å². The van der Waals surface area contributed by atoms with Crippen LogP contribution in [0.4, 0.5) is 11.4 Å². The maximum absolute atomic E-state index is 12.0. The molecule has 2 rings (SSSR count). The molecule has 0 bridgehead atoms. The highest BCUT2D eigenvalue weighted by atomic mass is 16.5. The summed E-state index contributed by atoms with van der Waals surface area (Å²) in [7, 11) is 3.12. The molecule has 1 aromatic carbocycles. The minimum atomic E-state index is 0.0942. The van der Waals surface area contributed by atoms with E-state index in [-0.39, 0.29) is 12.5 Å². The van der Waals surface area contributed by atoms with E-state index in [1.807, 2.05) is 4.90 Å². The molecule has 3 N–H and O–H groups in total. The number of likely N-dealkylation sites (tertiary alicyclic amines) is 1. The number of nitrogens with two attached hydrogens (primary N) is 1. The molecular weight excluding hydrogens is 258 g/mol. The van der Waals surface area contributed by atoms with Crippen LogP contribution in [-0.4, -0.2) is 44.7 Å². The first-order valence-corrected chi connectivity index (χ1v) is 6.69. The molecule has 0 radical (unpaired) electrons. The maximum Gasteiger partial charge on any atom is 0.241 e. The van der Waals surface area contributed by atoms with Crippen LogP contribution >= 0.6 is 0 Å². The van der Waals surface area contributed by atoms with Crippen molar-refractivity contribution in [3.63, 3.8) is 0 Å². The van der Waals surface area contributed by atoms with Crippen molar-refractivity contribution in [1.29, 1.82) is 0 Å². The Bertz CT molecular complexity index is 485. The van der Waals surface area contributed by atoms with Gasteiger partial charge < -0.3 is 25.4 Å². The van der Waals surface area contributed by atoms with Gasteiger partial charge in [-0.1, -0.05) is 0 Å². The first kappa shape index (κ1) is 14.3. The van der Waals surface area contributed by atoms with Gasteiger partial charge in [0.25, 0.3) is 0 Å². The number of hydrogen-bond donors (Lipinski definition) is 2. The van der Waals surface area contributed by atoms with Gasteiger partial charge in [-0.15, -0.1) is 0 Å². The number of carbonyl (C=O) groups is 1. The summed E-state index contributed by atoms with van der Waals surface area (Å²) in [5, 5.41) is 3.06. The van der Waals surface area contributed by atoms with Gasteiger partial charge in [0.1, 0.15) is 0 Å².